The summed E-state index contributed by atoms with van der Waals surface area (Å²) in [6.07, 6.45) is 2.73. The van der Waals surface area contributed by atoms with E-state index >= 15 is 0 Å². The van der Waals surface area contributed by atoms with Gasteiger partial charge in [-0.3, -0.25) is 4.79 Å². The molecule has 0 aliphatic carbocycles. The second kappa shape index (κ2) is 5.95. The van der Waals surface area contributed by atoms with Gasteiger partial charge in [0.05, 0.1) is 5.54 Å². The van der Waals surface area contributed by atoms with Crippen LogP contribution in [0.2, 0.25) is 0 Å². The van der Waals surface area contributed by atoms with Crippen LogP contribution >= 0.6 is 11.8 Å². The Labute approximate surface area is 103 Å². The van der Waals surface area contributed by atoms with Crippen molar-refractivity contribution in [3.05, 3.63) is 0 Å². The molecule has 100 valence electrons. The number of hydrogen-bond acceptors (Lipinski definition) is 3. The first-order chi connectivity index (χ1) is 7.83. The molecule has 1 fully saturated rings. The summed E-state index contributed by atoms with van der Waals surface area (Å²) in [4.78, 5) is 11.8. The van der Waals surface area contributed by atoms with E-state index < -0.39 is 11.0 Å². The molecule has 2 N–H and O–H groups in total. The molecule has 0 radical (unpaired) electrons. The maximum Gasteiger partial charge on any atom is 0.441 e. The van der Waals surface area contributed by atoms with E-state index in [4.69, 9.17) is 0 Å². The number of hydrogen-bond donors (Lipinski definition) is 2. The lowest BCUT2D eigenvalue weighted by molar-refractivity contribution is -0.127. The van der Waals surface area contributed by atoms with Gasteiger partial charge in [0.1, 0.15) is 0 Å². The average molecular weight is 270 g/mol. The lowest BCUT2D eigenvalue weighted by Gasteiger charge is -2.33. The van der Waals surface area contributed by atoms with Gasteiger partial charge in [0.15, 0.2) is 0 Å². The number of carbonyl (C=O) groups is 1. The molecule has 0 aromatic heterocycles. The molecule has 1 heterocycles. The summed E-state index contributed by atoms with van der Waals surface area (Å²) in [6.45, 7) is 2.61. The number of carbonyl (C=O) groups excluding carboxylic acids is 1. The average Bonchev–Trinajstić information content (AvgIpc) is 2.24. The minimum Gasteiger partial charge on any atom is -0.354 e. The van der Waals surface area contributed by atoms with Crippen LogP contribution in [0.1, 0.15) is 26.2 Å². The third-order valence-corrected chi connectivity index (χ3v) is 3.51. The van der Waals surface area contributed by atoms with Crippen molar-refractivity contribution in [2.45, 2.75) is 37.2 Å². The fourth-order valence-electron chi connectivity index (χ4n) is 1.78. The van der Waals surface area contributed by atoms with Crippen LogP contribution in [0.25, 0.3) is 0 Å². The third kappa shape index (κ3) is 5.16. The van der Waals surface area contributed by atoms with Gasteiger partial charge >= 0.3 is 5.51 Å². The Morgan fingerprint density at radius 3 is 2.71 bits per heavy atom. The normalized spacial score (nSPS) is 25.6. The van der Waals surface area contributed by atoms with E-state index in [0.717, 1.165) is 25.8 Å². The zero-order valence-electron chi connectivity index (χ0n) is 9.69. The summed E-state index contributed by atoms with van der Waals surface area (Å²) >= 11 is -0.114. The smallest absolute Gasteiger partial charge is 0.354 e. The van der Waals surface area contributed by atoms with Crippen molar-refractivity contribution in [1.82, 2.24) is 10.6 Å². The number of amides is 1. The van der Waals surface area contributed by atoms with Gasteiger partial charge in [-0.15, -0.1) is 0 Å². The standard InChI is InChI=1S/C10H17F3N2OS/c1-9(4-2-3-5-15-9)8(16)14-6-7-17-10(11,12)13/h15H,2-7H2,1H3,(H,14,16). The van der Waals surface area contributed by atoms with Crippen LogP contribution in [0.5, 0.6) is 0 Å². The molecular weight excluding hydrogens is 253 g/mol. The molecule has 0 bridgehead atoms. The van der Waals surface area contributed by atoms with Crippen LogP contribution in [0, 0.1) is 0 Å². The van der Waals surface area contributed by atoms with Crippen molar-refractivity contribution in [2.75, 3.05) is 18.8 Å². The molecule has 7 heteroatoms. The number of halogens is 3. The molecule has 17 heavy (non-hydrogen) atoms. The van der Waals surface area contributed by atoms with Gasteiger partial charge in [-0.05, 0) is 44.5 Å². The molecule has 1 aliphatic rings. The molecule has 0 aromatic carbocycles. The summed E-state index contributed by atoms with van der Waals surface area (Å²) in [7, 11) is 0. The summed E-state index contributed by atoms with van der Waals surface area (Å²) < 4.78 is 35.5. The number of nitrogens with one attached hydrogen (secondary N) is 2. The fraction of sp³-hybridized carbons (Fsp3) is 0.900. The molecule has 0 aromatic rings. The van der Waals surface area contributed by atoms with E-state index in [9.17, 15) is 18.0 Å². The highest BCUT2D eigenvalue weighted by molar-refractivity contribution is 8.00. The van der Waals surface area contributed by atoms with Crippen molar-refractivity contribution in [1.29, 1.82) is 0 Å². The SMILES string of the molecule is CC1(C(=O)NCCSC(F)(F)F)CCCCN1. The quantitative estimate of drug-likeness (QED) is 0.766. The monoisotopic (exact) mass is 270 g/mol. The predicted molar refractivity (Wildman–Crippen MR) is 61.8 cm³/mol. The summed E-state index contributed by atoms with van der Waals surface area (Å²) in [5.41, 5.74) is -4.85. The van der Waals surface area contributed by atoms with Gasteiger partial charge in [0, 0.05) is 12.3 Å². The first-order valence-corrected chi connectivity index (χ1v) is 6.56. The Balaban J connectivity index is 2.24. The number of thioether (sulfide) groups is 1. The Hall–Kier alpha value is -0.430. The Morgan fingerprint density at radius 2 is 2.18 bits per heavy atom. The molecule has 1 unspecified atom stereocenters. The van der Waals surface area contributed by atoms with Gasteiger partial charge in [-0.1, -0.05) is 0 Å². The number of piperidine rings is 1. The highest BCUT2D eigenvalue weighted by Gasteiger charge is 2.34. The minimum absolute atomic E-state index is 0.0419. The zero-order valence-corrected chi connectivity index (χ0v) is 10.5. The maximum atomic E-state index is 11.8. The van der Waals surface area contributed by atoms with Crippen molar-refractivity contribution in [3.63, 3.8) is 0 Å². The first kappa shape index (κ1) is 14.6. The van der Waals surface area contributed by atoms with Gasteiger partial charge in [-0.2, -0.15) is 13.2 Å². The highest BCUT2D eigenvalue weighted by Crippen LogP contribution is 2.29. The second-order valence-electron chi connectivity index (χ2n) is 4.27. The van der Waals surface area contributed by atoms with Crippen LogP contribution in [0.4, 0.5) is 13.2 Å². The molecule has 1 amide bonds. The molecule has 3 nitrogen and oxygen atoms in total. The Morgan fingerprint density at radius 1 is 1.47 bits per heavy atom. The van der Waals surface area contributed by atoms with Crippen molar-refractivity contribution < 1.29 is 18.0 Å². The molecule has 0 spiro atoms. The van der Waals surface area contributed by atoms with Crippen LogP contribution < -0.4 is 10.6 Å². The minimum atomic E-state index is -4.22. The summed E-state index contributed by atoms with van der Waals surface area (Å²) in [5, 5.41) is 5.65. The fourth-order valence-corrected chi connectivity index (χ4v) is 2.21. The first-order valence-electron chi connectivity index (χ1n) is 5.57. The Bertz CT molecular complexity index is 265. The zero-order chi connectivity index (χ0) is 12.9. The maximum absolute atomic E-state index is 11.8. The molecular formula is C10H17F3N2OS. The second-order valence-corrected chi connectivity index (χ2v) is 5.43. The van der Waals surface area contributed by atoms with E-state index in [1.807, 2.05) is 0 Å². The van der Waals surface area contributed by atoms with Crippen LogP contribution in [0.15, 0.2) is 0 Å². The van der Waals surface area contributed by atoms with E-state index in [0.29, 0.717) is 0 Å². The van der Waals surface area contributed by atoms with E-state index in [1.54, 1.807) is 6.92 Å². The predicted octanol–water partition coefficient (Wildman–Crippen LogP) is 1.89. The molecule has 1 saturated heterocycles. The van der Waals surface area contributed by atoms with Crippen molar-refractivity contribution in [2.24, 2.45) is 0 Å². The van der Waals surface area contributed by atoms with Gasteiger partial charge < -0.3 is 10.6 Å². The van der Waals surface area contributed by atoms with Crippen molar-refractivity contribution >= 4 is 17.7 Å². The van der Waals surface area contributed by atoms with Gasteiger partial charge in [-0.25, -0.2) is 0 Å². The van der Waals surface area contributed by atoms with Crippen LogP contribution in [-0.4, -0.2) is 35.8 Å². The Kier molecular flexibility index (Phi) is 5.12. The highest BCUT2D eigenvalue weighted by atomic mass is 32.2. The number of rotatable bonds is 4. The molecule has 1 aliphatic heterocycles. The largest absolute Gasteiger partial charge is 0.441 e. The molecule has 1 rings (SSSR count). The summed E-state index contributed by atoms with van der Waals surface area (Å²) in [6, 6.07) is 0. The lowest BCUT2D eigenvalue weighted by Crippen LogP contribution is -2.57. The van der Waals surface area contributed by atoms with Crippen molar-refractivity contribution in [3.8, 4) is 0 Å². The molecule has 0 saturated carbocycles. The van der Waals surface area contributed by atoms with Gasteiger partial charge in [0.2, 0.25) is 5.91 Å². The van der Waals surface area contributed by atoms with E-state index in [1.165, 1.54) is 0 Å². The van der Waals surface area contributed by atoms with Gasteiger partial charge in [0.25, 0.3) is 0 Å². The lowest BCUT2D eigenvalue weighted by atomic mass is 9.90. The summed E-state index contributed by atoms with van der Waals surface area (Å²) in [5.74, 6) is -0.356. The van der Waals surface area contributed by atoms with E-state index in [2.05, 4.69) is 10.6 Å². The molecule has 1 atom stereocenters. The third-order valence-electron chi connectivity index (χ3n) is 2.77. The number of alkyl halides is 3. The van der Waals surface area contributed by atoms with E-state index in [-0.39, 0.29) is 30.0 Å². The topological polar surface area (TPSA) is 41.1 Å². The van der Waals surface area contributed by atoms with Crippen LogP contribution in [-0.2, 0) is 4.79 Å². The van der Waals surface area contributed by atoms with Crippen LogP contribution in [0.3, 0.4) is 0 Å².